The molecule has 0 radical (unpaired) electrons. The van der Waals surface area contributed by atoms with Crippen molar-refractivity contribution in [3.8, 4) is 11.5 Å². The van der Waals surface area contributed by atoms with Gasteiger partial charge in [0, 0.05) is 5.02 Å². The topological polar surface area (TPSA) is 89.0 Å². The van der Waals surface area contributed by atoms with Crippen LogP contribution < -0.4 is 14.4 Å². The zero-order chi connectivity index (χ0) is 29.9. The third-order valence-electron chi connectivity index (χ3n) is 6.99. The highest BCUT2D eigenvalue weighted by Gasteiger charge is 2.45. The summed E-state index contributed by atoms with van der Waals surface area (Å²) >= 11 is 7.44. The number of fused-ring (bicyclic) bond motifs is 1. The van der Waals surface area contributed by atoms with E-state index < -0.39 is 23.5 Å². The van der Waals surface area contributed by atoms with Crippen LogP contribution in [0.1, 0.15) is 22.7 Å². The maximum Gasteiger partial charge on any atom is 0.296 e. The van der Waals surface area contributed by atoms with Crippen LogP contribution in [0.15, 0.2) is 114 Å². The predicted octanol–water partition coefficient (Wildman–Crippen LogP) is 7.72. The number of thiazole rings is 1. The van der Waals surface area contributed by atoms with Gasteiger partial charge in [-0.15, -0.1) is 0 Å². The normalized spacial score (nSPS) is 15.1. The molecule has 7 nitrogen and oxygen atoms in total. The fourth-order valence-corrected chi connectivity index (χ4v) is 6.16. The first kappa shape index (κ1) is 28.2. The van der Waals surface area contributed by atoms with Crippen LogP contribution in [0.25, 0.3) is 16.3 Å². The first-order chi connectivity index (χ1) is 20.9. The molecule has 1 N–H and O–H groups in total. The van der Waals surface area contributed by atoms with E-state index >= 15 is 0 Å². The third kappa shape index (κ3) is 5.75. The van der Waals surface area contributed by atoms with Crippen LogP contribution in [-0.4, -0.2) is 28.9 Å². The number of hydrogen-bond acceptors (Lipinski definition) is 7. The van der Waals surface area contributed by atoms with Gasteiger partial charge in [0.1, 0.15) is 6.61 Å². The molecule has 0 aliphatic carbocycles. The number of aliphatic hydroxyl groups excluding tert-OH is 1. The van der Waals surface area contributed by atoms with Crippen molar-refractivity contribution in [3.05, 3.63) is 136 Å². The fourth-order valence-electron chi connectivity index (χ4n) is 4.89. The quantitative estimate of drug-likeness (QED) is 0.172. The number of anilines is 1. The van der Waals surface area contributed by atoms with E-state index in [-0.39, 0.29) is 5.57 Å². The molecule has 0 bridgehead atoms. The smallest absolute Gasteiger partial charge is 0.296 e. The average molecular weight is 609 g/mol. The number of ketones is 1. The first-order valence-corrected chi connectivity index (χ1v) is 14.6. The van der Waals surface area contributed by atoms with E-state index in [1.54, 1.807) is 42.5 Å². The molecule has 2 heterocycles. The van der Waals surface area contributed by atoms with Crippen LogP contribution in [0.5, 0.6) is 11.5 Å². The van der Waals surface area contributed by atoms with Gasteiger partial charge in [-0.1, -0.05) is 95.7 Å². The number of hydrogen-bond donors (Lipinski definition) is 1. The number of nitrogens with zero attached hydrogens (tertiary/aromatic N) is 2. The number of ether oxygens (including phenoxy) is 2. The second-order valence-corrected chi connectivity index (χ2v) is 11.2. The summed E-state index contributed by atoms with van der Waals surface area (Å²) in [6.07, 6.45) is 3.00. The minimum atomic E-state index is -0.978. The first-order valence-electron chi connectivity index (χ1n) is 13.4. The molecule has 0 saturated heterocycles. The van der Waals surface area contributed by atoms with E-state index in [0.717, 1.165) is 15.8 Å². The molecule has 43 heavy (non-hydrogen) atoms. The van der Waals surface area contributed by atoms with Gasteiger partial charge in [-0.2, -0.15) is 0 Å². The number of aromatic nitrogens is 1. The highest BCUT2D eigenvalue weighted by atomic mass is 35.5. The lowest BCUT2D eigenvalue weighted by Crippen LogP contribution is -2.30. The Morgan fingerprint density at radius 1 is 1.00 bits per heavy atom. The van der Waals surface area contributed by atoms with Gasteiger partial charge in [0.15, 0.2) is 28.2 Å². The number of methoxy groups -OCH3 is 1. The summed E-state index contributed by atoms with van der Waals surface area (Å²) in [5.41, 5.74) is 2.91. The molecule has 1 aliphatic rings. The molecule has 1 aliphatic heterocycles. The monoisotopic (exact) mass is 608 g/mol. The van der Waals surface area contributed by atoms with Gasteiger partial charge < -0.3 is 14.6 Å². The van der Waals surface area contributed by atoms with Crippen LogP contribution in [0.3, 0.4) is 0 Å². The van der Waals surface area contributed by atoms with Gasteiger partial charge >= 0.3 is 0 Å². The number of carbonyl (C=O) groups is 2. The largest absolute Gasteiger partial charge is 0.503 e. The van der Waals surface area contributed by atoms with Crippen molar-refractivity contribution in [2.45, 2.75) is 12.6 Å². The number of halogens is 1. The summed E-state index contributed by atoms with van der Waals surface area (Å²) in [6, 6.07) is 28.5. The van der Waals surface area contributed by atoms with Crippen molar-refractivity contribution in [3.63, 3.8) is 0 Å². The second kappa shape index (κ2) is 12.1. The molecule has 1 atom stereocenters. The van der Waals surface area contributed by atoms with Gasteiger partial charge in [-0.05, 0) is 53.1 Å². The van der Waals surface area contributed by atoms with E-state index in [1.807, 2.05) is 60.7 Å². The number of benzene rings is 4. The van der Waals surface area contributed by atoms with Crippen molar-refractivity contribution in [2.75, 3.05) is 12.0 Å². The van der Waals surface area contributed by atoms with E-state index in [0.29, 0.717) is 39.3 Å². The lowest BCUT2D eigenvalue weighted by atomic mass is 9.95. The van der Waals surface area contributed by atoms with Gasteiger partial charge in [-0.3, -0.25) is 14.5 Å². The summed E-state index contributed by atoms with van der Waals surface area (Å²) in [7, 11) is 1.52. The number of rotatable bonds is 9. The van der Waals surface area contributed by atoms with Crippen molar-refractivity contribution < 1.29 is 24.2 Å². The lowest BCUT2D eigenvalue weighted by Gasteiger charge is -2.25. The summed E-state index contributed by atoms with van der Waals surface area (Å²) in [6.45, 7) is 0.327. The molecule has 5 aromatic rings. The van der Waals surface area contributed by atoms with Crippen molar-refractivity contribution in [1.82, 2.24) is 4.98 Å². The van der Waals surface area contributed by atoms with Crippen molar-refractivity contribution in [1.29, 1.82) is 0 Å². The van der Waals surface area contributed by atoms with Gasteiger partial charge in [0.05, 0.1) is 28.9 Å². The van der Waals surface area contributed by atoms with Gasteiger partial charge in [0.25, 0.3) is 5.91 Å². The molecule has 4 aromatic carbocycles. The minimum Gasteiger partial charge on any atom is -0.503 e. The average Bonchev–Trinajstić information content (AvgIpc) is 3.57. The Kier molecular flexibility index (Phi) is 7.96. The fraction of sp³-hybridized carbons (Fsp3) is 0.0882. The number of amides is 1. The Morgan fingerprint density at radius 3 is 2.49 bits per heavy atom. The van der Waals surface area contributed by atoms with E-state index in [1.165, 1.54) is 29.4 Å². The zero-order valence-electron chi connectivity index (χ0n) is 22.9. The molecular weight excluding hydrogens is 584 g/mol. The second-order valence-electron chi connectivity index (χ2n) is 9.74. The molecule has 214 valence electrons. The van der Waals surface area contributed by atoms with E-state index in [4.69, 9.17) is 21.1 Å². The van der Waals surface area contributed by atoms with E-state index in [9.17, 15) is 14.7 Å². The van der Waals surface area contributed by atoms with Crippen LogP contribution in [0.2, 0.25) is 5.02 Å². The highest BCUT2D eigenvalue weighted by Crippen LogP contribution is 2.45. The Morgan fingerprint density at radius 2 is 1.74 bits per heavy atom. The molecule has 1 aromatic heterocycles. The molecule has 1 amide bonds. The molecule has 0 spiro atoms. The Bertz CT molecular complexity index is 1890. The number of carbonyl (C=O) groups excluding carboxylic acids is 2. The highest BCUT2D eigenvalue weighted by molar-refractivity contribution is 7.22. The summed E-state index contributed by atoms with van der Waals surface area (Å²) in [5, 5.41) is 12.0. The molecule has 0 fully saturated rings. The Balaban J connectivity index is 1.41. The lowest BCUT2D eigenvalue weighted by molar-refractivity contribution is -0.117. The number of allylic oxidation sites excluding steroid dienone is 1. The maximum atomic E-state index is 13.7. The Labute approximate surface area is 256 Å². The molecule has 9 heteroatoms. The van der Waals surface area contributed by atoms with Crippen LogP contribution in [0.4, 0.5) is 5.13 Å². The van der Waals surface area contributed by atoms with Crippen LogP contribution in [-0.2, 0) is 16.2 Å². The minimum absolute atomic E-state index is 0.0607. The zero-order valence-corrected chi connectivity index (χ0v) is 24.5. The van der Waals surface area contributed by atoms with Crippen LogP contribution >= 0.6 is 22.9 Å². The van der Waals surface area contributed by atoms with Crippen molar-refractivity contribution >= 4 is 56.1 Å². The van der Waals surface area contributed by atoms with Gasteiger partial charge in [0.2, 0.25) is 0 Å². The number of aliphatic hydroxyl groups is 1. The van der Waals surface area contributed by atoms with E-state index in [2.05, 4.69) is 4.98 Å². The van der Waals surface area contributed by atoms with Crippen molar-refractivity contribution in [2.24, 2.45) is 0 Å². The third-order valence-corrected chi connectivity index (χ3v) is 8.24. The SMILES string of the molecule is COc1cc(C2C(C(=O)/C=C/c3ccccc3)=C(O)C(=O)N2c2nc3ccc(Cl)cc3s2)ccc1OCc1ccccc1. The summed E-state index contributed by atoms with van der Waals surface area (Å²) < 4.78 is 12.5. The molecular formula is C34H25ClN2O5S. The summed E-state index contributed by atoms with van der Waals surface area (Å²) in [5.74, 6) is -0.960. The van der Waals surface area contributed by atoms with Gasteiger partial charge in [-0.25, -0.2) is 4.98 Å². The summed E-state index contributed by atoms with van der Waals surface area (Å²) in [4.78, 5) is 33.3. The molecule has 0 saturated carbocycles. The molecule has 6 rings (SSSR count). The Hall–Kier alpha value is -4.92. The van der Waals surface area contributed by atoms with Crippen LogP contribution in [0, 0.1) is 0 Å². The molecule has 1 unspecified atom stereocenters. The predicted molar refractivity (Wildman–Crippen MR) is 169 cm³/mol. The maximum absolute atomic E-state index is 13.7. The standard InChI is InChI=1S/C34H25ClN2O5S/c1-41-28-18-23(13-17-27(28)42-20-22-10-6-3-7-11-22)31-30(26(38)16-12-21-8-4-2-5-9-21)32(39)33(40)37(31)34-36-25-15-14-24(35)19-29(25)43-34/h2-19,31,39H,20H2,1H3/b16-12+.